The van der Waals surface area contributed by atoms with Gasteiger partial charge in [-0.3, -0.25) is 19.3 Å². The van der Waals surface area contributed by atoms with Gasteiger partial charge in [0, 0.05) is 39.0 Å². The van der Waals surface area contributed by atoms with Crippen molar-refractivity contribution in [3.8, 4) is 0 Å². The van der Waals surface area contributed by atoms with Crippen molar-refractivity contribution in [2.75, 3.05) is 11.4 Å². The number of carbonyl (C=O) groups is 2. The molecular formula is C17H18N4O3. The van der Waals surface area contributed by atoms with E-state index in [4.69, 9.17) is 0 Å². The van der Waals surface area contributed by atoms with Crippen molar-refractivity contribution in [2.45, 2.75) is 19.4 Å². The summed E-state index contributed by atoms with van der Waals surface area (Å²) in [5.74, 6) is 0.239. The van der Waals surface area contributed by atoms with Gasteiger partial charge < -0.3 is 9.88 Å². The van der Waals surface area contributed by atoms with Gasteiger partial charge in [-0.2, -0.15) is 0 Å². The number of amides is 2. The van der Waals surface area contributed by atoms with Gasteiger partial charge in [-0.25, -0.2) is 4.98 Å². The summed E-state index contributed by atoms with van der Waals surface area (Å²) in [7, 11) is 1.60. The molecule has 0 radical (unpaired) electrons. The number of carbonyl (C=O) groups excluding carboxylic acids is 2. The predicted octanol–water partition coefficient (Wildman–Crippen LogP) is 0.837. The van der Waals surface area contributed by atoms with Gasteiger partial charge in [0.2, 0.25) is 5.91 Å². The van der Waals surface area contributed by atoms with E-state index in [1.165, 1.54) is 10.6 Å². The normalized spacial score (nSPS) is 14.0. The number of aromatic nitrogens is 2. The average Bonchev–Trinajstić information content (AvgIpc) is 3.01. The van der Waals surface area contributed by atoms with Crippen LogP contribution in [0.4, 0.5) is 5.82 Å². The number of rotatable bonds is 4. The molecule has 1 saturated heterocycles. The van der Waals surface area contributed by atoms with Crippen molar-refractivity contribution in [3.63, 3.8) is 0 Å². The molecule has 2 amide bonds. The third-order valence-corrected chi connectivity index (χ3v) is 3.98. The Morgan fingerprint density at radius 2 is 2.17 bits per heavy atom. The Morgan fingerprint density at radius 1 is 1.33 bits per heavy atom. The fraction of sp³-hybridized carbons (Fsp3) is 0.294. The lowest BCUT2D eigenvalue weighted by atomic mass is 10.2. The number of pyridine rings is 2. The first kappa shape index (κ1) is 15.9. The second kappa shape index (κ2) is 6.66. The average molecular weight is 326 g/mol. The number of aryl methyl sites for hydroxylation is 1. The number of nitrogens with zero attached hydrogens (tertiary/aromatic N) is 3. The molecule has 24 heavy (non-hydrogen) atoms. The molecule has 2 aromatic rings. The Kier molecular flexibility index (Phi) is 4.41. The van der Waals surface area contributed by atoms with Crippen molar-refractivity contribution in [3.05, 3.63) is 58.1 Å². The van der Waals surface area contributed by atoms with Crippen LogP contribution in [0.5, 0.6) is 0 Å². The lowest BCUT2D eigenvalue weighted by Gasteiger charge is -2.15. The standard InChI is InChI=1S/C17H18N4O3/c1-20-8-2-4-13(17(20)24)16(23)19-11-12-6-7-18-14(10-12)21-9-3-5-15(21)22/h2,4,6-8,10H,3,5,9,11H2,1H3,(H,19,23). The molecule has 7 nitrogen and oxygen atoms in total. The van der Waals surface area contributed by atoms with Crippen LogP contribution in [0.25, 0.3) is 0 Å². The molecule has 0 saturated carbocycles. The summed E-state index contributed by atoms with van der Waals surface area (Å²) in [6.07, 6.45) is 4.59. The quantitative estimate of drug-likeness (QED) is 0.902. The minimum Gasteiger partial charge on any atom is -0.348 e. The zero-order valence-corrected chi connectivity index (χ0v) is 13.4. The van der Waals surface area contributed by atoms with E-state index in [1.54, 1.807) is 42.5 Å². The fourth-order valence-electron chi connectivity index (χ4n) is 2.66. The van der Waals surface area contributed by atoms with Crippen LogP contribution in [0.3, 0.4) is 0 Å². The summed E-state index contributed by atoms with van der Waals surface area (Å²) in [4.78, 5) is 41.8. The third-order valence-electron chi connectivity index (χ3n) is 3.98. The monoisotopic (exact) mass is 326 g/mol. The van der Waals surface area contributed by atoms with Gasteiger partial charge in [0.05, 0.1) is 0 Å². The van der Waals surface area contributed by atoms with E-state index in [-0.39, 0.29) is 23.6 Å². The maximum atomic E-state index is 12.2. The second-order valence-electron chi connectivity index (χ2n) is 5.69. The molecule has 1 aliphatic heterocycles. The van der Waals surface area contributed by atoms with Crippen molar-refractivity contribution in [2.24, 2.45) is 7.05 Å². The zero-order valence-electron chi connectivity index (χ0n) is 13.4. The predicted molar refractivity (Wildman–Crippen MR) is 88.7 cm³/mol. The first-order chi connectivity index (χ1) is 11.6. The zero-order chi connectivity index (χ0) is 17.1. The van der Waals surface area contributed by atoms with Crippen LogP contribution in [-0.2, 0) is 18.4 Å². The van der Waals surface area contributed by atoms with Gasteiger partial charge in [0.15, 0.2) is 0 Å². The molecule has 0 aromatic carbocycles. The van der Waals surface area contributed by atoms with Crippen LogP contribution < -0.4 is 15.8 Å². The summed E-state index contributed by atoms with van der Waals surface area (Å²) < 4.78 is 1.36. The van der Waals surface area contributed by atoms with Gasteiger partial charge in [0.1, 0.15) is 11.4 Å². The van der Waals surface area contributed by atoms with Crippen LogP contribution in [0.1, 0.15) is 28.8 Å². The number of hydrogen-bond acceptors (Lipinski definition) is 4. The highest BCUT2D eigenvalue weighted by atomic mass is 16.2. The van der Waals surface area contributed by atoms with Crippen LogP contribution in [0, 0.1) is 0 Å². The minimum absolute atomic E-state index is 0.0662. The largest absolute Gasteiger partial charge is 0.348 e. The molecule has 7 heteroatoms. The van der Waals surface area contributed by atoms with Crippen molar-refractivity contribution in [1.82, 2.24) is 14.9 Å². The molecule has 1 fully saturated rings. The maximum absolute atomic E-state index is 12.2. The highest BCUT2D eigenvalue weighted by molar-refractivity contribution is 5.95. The van der Waals surface area contributed by atoms with Crippen molar-refractivity contribution < 1.29 is 9.59 Å². The summed E-state index contributed by atoms with van der Waals surface area (Å²) in [5.41, 5.74) is 0.581. The molecule has 2 aromatic heterocycles. The smallest absolute Gasteiger partial charge is 0.263 e. The highest BCUT2D eigenvalue weighted by Crippen LogP contribution is 2.19. The van der Waals surface area contributed by atoms with Crippen LogP contribution in [0.15, 0.2) is 41.5 Å². The Bertz CT molecular complexity index is 844. The van der Waals surface area contributed by atoms with Crippen LogP contribution >= 0.6 is 0 Å². The summed E-state index contributed by atoms with van der Waals surface area (Å²) >= 11 is 0. The first-order valence-electron chi connectivity index (χ1n) is 7.75. The molecule has 1 aliphatic rings. The SMILES string of the molecule is Cn1cccc(C(=O)NCc2ccnc(N3CCCC3=O)c2)c1=O. The lowest BCUT2D eigenvalue weighted by molar-refractivity contribution is -0.117. The van der Waals surface area contributed by atoms with Gasteiger partial charge in [-0.05, 0) is 36.2 Å². The topological polar surface area (TPSA) is 84.3 Å². The molecule has 3 heterocycles. The van der Waals surface area contributed by atoms with E-state index in [0.29, 0.717) is 18.8 Å². The van der Waals surface area contributed by atoms with Gasteiger partial charge >= 0.3 is 0 Å². The summed E-state index contributed by atoms with van der Waals surface area (Å²) in [6, 6.07) is 6.71. The first-order valence-corrected chi connectivity index (χ1v) is 7.75. The molecule has 0 unspecified atom stereocenters. The van der Waals surface area contributed by atoms with Gasteiger partial charge in [0.25, 0.3) is 11.5 Å². The van der Waals surface area contributed by atoms with Crippen molar-refractivity contribution >= 4 is 17.6 Å². The molecule has 0 bridgehead atoms. The molecule has 0 atom stereocenters. The number of nitrogens with one attached hydrogen (secondary N) is 1. The van der Waals surface area contributed by atoms with E-state index in [9.17, 15) is 14.4 Å². The van der Waals surface area contributed by atoms with Crippen LogP contribution in [0.2, 0.25) is 0 Å². The fourth-order valence-corrected chi connectivity index (χ4v) is 2.66. The van der Waals surface area contributed by atoms with Crippen LogP contribution in [-0.4, -0.2) is 27.9 Å². The molecule has 1 N–H and O–H groups in total. The Labute approximate surface area is 138 Å². The highest BCUT2D eigenvalue weighted by Gasteiger charge is 2.22. The second-order valence-corrected chi connectivity index (χ2v) is 5.69. The maximum Gasteiger partial charge on any atom is 0.263 e. The van der Waals surface area contributed by atoms with Gasteiger partial charge in [-0.1, -0.05) is 0 Å². The Balaban J connectivity index is 1.71. The van der Waals surface area contributed by atoms with E-state index in [2.05, 4.69) is 10.3 Å². The molecule has 124 valence electrons. The number of anilines is 1. The minimum atomic E-state index is -0.424. The third kappa shape index (κ3) is 3.19. The number of hydrogen-bond donors (Lipinski definition) is 1. The molecule has 0 aliphatic carbocycles. The van der Waals surface area contributed by atoms with Crippen molar-refractivity contribution in [1.29, 1.82) is 0 Å². The lowest BCUT2D eigenvalue weighted by Crippen LogP contribution is -2.31. The molecule has 3 rings (SSSR count). The van der Waals surface area contributed by atoms with E-state index in [1.807, 2.05) is 0 Å². The summed E-state index contributed by atoms with van der Waals surface area (Å²) in [6.45, 7) is 0.927. The molecular weight excluding hydrogens is 308 g/mol. The summed E-state index contributed by atoms with van der Waals surface area (Å²) in [5, 5.41) is 2.73. The van der Waals surface area contributed by atoms with E-state index in [0.717, 1.165) is 12.0 Å². The van der Waals surface area contributed by atoms with Gasteiger partial charge in [-0.15, -0.1) is 0 Å². The van der Waals surface area contributed by atoms with E-state index < -0.39 is 5.91 Å². The van der Waals surface area contributed by atoms with E-state index >= 15 is 0 Å². The Morgan fingerprint density at radius 3 is 2.92 bits per heavy atom. The molecule has 0 spiro atoms. The Hall–Kier alpha value is -2.96.